The van der Waals surface area contributed by atoms with Gasteiger partial charge in [0, 0.05) is 14.1 Å². The summed E-state index contributed by atoms with van der Waals surface area (Å²) in [6.45, 7) is 3.42. The van der Waals surface area contributed by atoms with E-state index in [0.29, 0.717) is 22.2 Å². The second-order valence-electron chi connectivity index (χ2n) is 3.73. The van der Waals surface area contributed by atoms with Crippen molar-refractivity contribution in [3.05, 3.63) is 11.4 Å². The molecular formula is C10H16N4O2S. The lowest BCUT2D eigenvalue weighted by Gasteiger charge is -2.12. The molecule has 1 heterocycles. The van der Waals surface area contributed by atoms with E-state index in [0.717, 1.165) is 0 Å². The van der Waals surface area contributed by atoms with E-state index in [1.165, 1.54) is 0 Å². The van der Waals surface area contributed by atoms with Crippen LogP contribution >= 0.6 is 12.2 Å². The highest BCUT2D eigenvalue weighted by atomic mass is 32.1. The number of aliphatic carboxylic acids is 1. The number of nitrogens with one attached hydrogen (secondary N) is 2. The van der Waals surface area contributed by atoms with Crippen LogP contribution in [0.3, 0.4) is 0 Å². The first-order valence-corrected chi connectivity index (χ1v) is 5.54. The number of aromatic nitrogens is 2. The summed E-state index contributed by atoms with van der Waals surface area (Å²) in [5.41, 5.74) is 1.97. The van der Waals surface area contributed by atoms with Crippen molar-refractivity contribution in [1.82, 2.24) is 15.1 Å². The Hall–Kier alpha value is -1.63. The molecule has 0 amide bonds. The highest BCUT2D eigenvalue weighted by Gasteiger charge is 2.24. The molecule has 1 atom stereocenters. The fourth-order valence-electron chi connectivity index (χ4n) is 1.62. The Kier molecular flexibility index (Phi) is 4.06. The lowest BCUT2D eigenvalue weighted by Crippen LogP contribution is -2.25. The third-order valence-corrected chi connectivity index (χ3v) is 2.82. The van der Waals surface area contributed by atoms with Gasteiger partial charge in [-0.1, -0.05) is 0 Å². The highest BCUT2D eigenvalue weighted by Crippen LogP contribution is 2.27. The Bertz CT molecular complexity index is 455. The van der Waals surface area contributed by atoms with Gasteiger partial charge >= 0.3 is 5.97 Å². The predicted molar refractivity (Wildman–Crippen MR) is 69.3 cm³/mol. The number of carboxylic acid groups (broad SMARTS) is 1. The third-order valence-electron chi connectivity index (χ3n) is 2.51. The van der Waals surface area contributed by atoms with Crippen LogP contribution in [0.2, 0.25) is 0 Å². The summed E-state index contributed by atoms with van der Waals surface area (Å²) >= 11 is 5.01. The van der Waals surface area contributed by atoms with Crippen LogP contribution in [-0.4, -0.2) is 33.0 Å². The largest absolute Gasteiger partial charge is 0.481 e. The van der Waals surface area contributed by atoms with Crippen LogP contribution in [0.15, 0.2) is 0 Å². The normalized spacial score (nSPS) is 12.0. The van der Waals surface area contributed by atoms with E-state index in [1.807, 2.05) is 0 Å². The molecule has 0 spiro atoms. The minimum Gasteiger partial charge on any atom is -0.481 e. The zero-order valence-electron chi connectivity index (χ0n) is 10.2. The first-order chi connectivity index (χ1) is 7.88. The van der Waals surface area contributed by atoms with Crippen LogP contribution in [0.5, 0.6) is 0 Å². The van der Waals surface area contributed by atoms with Gasteiger partial charge in [-0.05, 0) is 26.1 Å². The van der Waals surface area contributed by atoms with Crippen molar-refractivity contribution >= 4 is 29.0 Å². The Labute approximate surface area is 105 Å². The van der Waals surface area contributed by atoms with Gasteiger partial charge in [0.25, 0.3) is 0 Å². The molecule has 0 saturated heterocycles. The maximum Gasteiger partial charge on any atom is 0.312 e. The first kappa shape index (κ1) is 13.4. The van der Waals surface area contributed by atoms with E-state index in [2.05, 4.69) is 15.7 Å². The number of carbonyl (C=O) groups is 1. The van der Waals surface area contributed by atoms with Crippen molar-refractivity contribution in [2.24, 2.45) is 7.05 Å². The summed E-state index contributed by atoms with van der Waals surface area (Å²) in [4.78, 5) is 11.1. The Morgan fingerprint density at radius 2 is 2.18 bits per heavy atom. The summed E-state index contributed by atoms with van der Waals surface area (Å²) in [5.74, 6) is -1.55. The minimum atomic E-state index is -0.897. The lowest BCUT2D eigenvalue weighted by molar-refractivity contribution is -0.138. The smallest absolute Gasteiger partial charge is 0.312 e. The van der Waals surface area contributed by atoms with Crippen molar-refractivity contribution < 1.29 is 9.90 Å². The number of nitrogens with zero attached hydrogens (tertiary/aromatic N) is 2. The molecule has 7 heteroatoms. The number of hydrogen-bond donors (Lipinski definition) is 3. The second kappa shape index (κ2) is 5.13. The van der Waals surface area contributed by atoms with Crippen molar-refractivity contribution in [3.8, 4) is 0 Å². The van der Waals surface area contributed by atoms with Gasteiger partial charge in [0.2, 0.25) is 0 Å². The molecule has 0 aromatic carbocycles. The van der Waals surface area contributed by atoms with Crippen LogP contribution < -0.4 is 10.6 Å². The maximum absolute atomic E-state index is 11.1. The summed E-state index contributed by atoms with van der Waals surface area (Å²) in [7, 11) is 3.41. The molecule has 1 unspecified atom stereocenters. The molecular weight excluding hydrogens is 240 g/mol. The summed E-state index contributed by atoms with van der Waals surface area (Å²) in [6.07, 6.45) is 0. The second-order valence-corrected chi connectivity index (χ2v) is 4.14. The summed E-state index contributed by atoms with van der Waals surface area (Å²) < 4.78 is 1.56. The fourth-order valence-corrected chi connectivity index (χ4v) is 1.72. The van der Waals surface area contributed by atoms with Crippen molar-refractivity contribution in [2.75, 3.05) is 12.4 Å². The molecule has 17 heavy (non-hydrogen) atoms. The molecule has 0 aliphatic rings. The number of anilines is 1. The van der Waals surface area contributed by atoms with Gasteiger partial charge in [-0.2, -0.15) is 5.10 Å². The zero-order chi connectivity index (χ0) is 13.2. The van der Waals surface area contributed by atoms with Crippen LogP contribution in [0.1, 0.15) is 24.2 Å². The molecule has 0 fully saturated rings. The Morgan fingerprint density at radius 3 is 2.65 bits per heavy atom. The average molecular weight is 256 g/mol. The Balaban J connectivity index is 3.19. The number of thiocarbonyl (C=S) groups is 1. The standard InChI is InChI=1S/C10H16N4O2S/c1-5(9(15)16)8-7(12-10(17)11-3)6(2)13-14(8)4/h5H,1-4H3,(H,15,16)(H2,11,12,17). The van der Waals surface area contributed by atoms with E-state index < -0.39 is 11.9 Å². The SMILES string of the molecule is CNC(=S)Nc1c(C)nn(C)c1C(C)C(=O)O. The topological polar surface area (TPSA) is 79.2 Å². The first-order valence-electron chi connectivity index (χ1n) is 5.13. The monoisotopic (exact) mass is 256 g/mol. The van der Waals surface area contributed by atoms with Gasteiger partial charge in [-0.3, -0.25) is 9.48 Å². The zero-order valence-corrected chi connectivity index (χ0v) is 11.1. The van der Waals surface area contributed by atoms with Crippen LogP contribution in [0.25, 0.3) is 0 Å². The lowest BCUT2D eigenvalue weighted by atomic mass is 10.1. The molecule has 6 nitrogen and oxygen atoms in total. The molecule has 0 aliphatic carbocycles. The van der Waals surface area contributed by atoms with Gasteiger partial charge in [-0.15, -0.1) is 0 Å². The van der Waals surface area contributed by atoms with Crippen LogP contribution in [-0.2, 0) is 11.8 Å². The molecule has 0 radical (unpaired) electrons. The molecule has 1 aromatic heterocycles. The van der Waals surface area contributed by atoms with Gasteiger partial charge in [0.1, 0.15) is 0 Å². The predicted octanol–water partition coefficient (Wildman–Crippen LogP) is 0.833. The minimum absolute atomic E-state index is 0.430. The molecule has 1 rings (SSSR count). The van der Waals surface area contributed by atoms with Crippen molar-refractivity contribution in [3.63, 3.8) is 0 Å². The van der Waals surface area contributed by atoms with E-state index in [1.54, 1.807) is 32.6 Å². The van der Waals surface area contributed by atoms with E-state index >= 15 is 0 Å². The summed E-state index contributed by atoms with van der Waals surface area (Å²) in [5, 5.41) is 19.4. The molecule has 0 aliphatic heterocycles. The number of rotatable bonds is 3. The Morgan fingerprint density at radius 1 is 1.59 bits per heavy atom. The molecule has 94 valence electrons. The average Bonchev–Trinajstić information content (AvgIpc) is 2.52. The van der Waals surface area contributed by atoms with Gasteiger partial charge < -0.3 is 15.7 Å². The third kappa shape index (κ3) is 2.73. The summed E-state index contributed by atoms with van der Waals surface area (Å²) in [6, 6.07) is 0. The molecule has 0 bridgehead atoms. The number of hydrogen-bond acceptors (Lipinski definition) is 3. The van der Waals surface area contributed by atoms with Gasteiger partial charge in [-0.25, -0.2) is 0 Å². The van der Waals surface area contributed by atoms with Crippen molar-refractivity contribution in [2.45, 2.75) is 19.8 Å². The van der Waals surface area contributed by atoms with E-state index in [4.69, 9.17) is 17.3 Å². The van der Waals surface area contributed by atoms with Crippen LogP contribution in [0.4, 0.5) is 5.69 Å². The maximum atomic E-state index is 11.1. The fraction of sp³-hybridized carbons (Fsp3) is 0.500. The van der Waals surface area contributed by atoms with Gasteiger partial charge in [0.05, 0.1) is 23.0 Å². The number of carboxylic acids is 1. The van der Waals surface area contributed by atoms with Crippen LogP contribution in [0, 0.1) is 6.92 Å². The van der Waals surface area contributed by atoms with Crippen molar-refractivity contribution in [1.29, 1.82) is 0 Å². The quantitative estimate of drug-likeness (QED) is 0.695. The molecule has 1 aromatic rings. The van der Waals surface area contributed by atoms with E-state index in [9.17, 15) is 4.79 Å². The molecule has 3 N–H and O–H groups in total. The van der Waals surface area contributed by atoms with Gasteiger partial charge in [0.15, 0.2) is 5.11 Å². The van der Waals surface area contributed by atoms with E-state index in [-0.39, 0.29) is 0 Å². The highest BCUT2D eigenvalue weighted by molar-refractivity contribution is 7.80. The molecule has 0 saturated carbocycles. The number of aryl methyl sites for hydroxylation is 2.